The van der Waals surface area contributed by atoms with Crippen LogP contribution in [0.3, 0.4) is 0 Å². The summed E-state index contributed by atoms with van der Waals surface area (Å²) < 4.78 is 43.9. The van der Waals surface area contributed by atoms with Gasteiger partial charge in [-0.05, 0) is 37.3 Å². The molecule has 0 radical (unpaired) electrons. The standard InChI is InChI=1S/C20H15F3N4OS2/c1-11-18(19(28)26-29-2)25-20(30-11)27(14-5-3-12(9-24)4-6-14)10-13-7-16(22)17(23)8-15(13)21/h3-8H,10H2,1-2H3,(H,26,28). The molecule has 0 bridgehead atoms. The predicted molar refractivity (Wildman–Crippen MR) is 111 cm³/mol. The zero-order valence-electron chi connectivity index (χ0n) is 15.9. The summed E-state index contributed by atoms with van der Waals surface area (Å²) in [7, 11) is 0. The van der Waals surface area contributed by atoms with Gasteiger partial charge in [0.1, 0.15) is 11.5 Å². The molecule has 30 heavy (non-hydrogen) atoms. The van der Waals surface area contributed by atoms with Crippen LogP contribution in [0.5, 0.6) is 0 Å². The van der Waals surface area contributed by atoms with Crippen molar-refractivity contribution in [3.63, 3.8) is 0 Å². The van der Waals surface area contributed by atoms with Crippen LogP contribution >= 0.6 is 23.3 Å². The van der Waals surface area contributed by atoms with Gasteiger partial charge in [0.05, 0.1) is 18.2 Å². The monoisotopic (exact) mass is 448 g/mol. The van der Waals surface area contributed by atoms with Gasteiger partial charge in [-0.1, -0.05) is 11.9 Å². The average Bonchev–Trinajstić information content (AvgIpc) is 3.11. The van der Waals surface area contributed by atoms with Crippen LogP contribution in [0.15, 0.2) is 36.4 Å². The number of aryl methyl sites for hydroxylation is 1. The molecule has 0 aliphatic carbocycles. The van der Waals surface area contributed by atoms with E-state index in [4.69, 9.17) is 5.26 Å². The van der Waals surface area contributed by atoms with Crippen LogP contribution in [0.25, 0.3) is 0 Å². The number of nitrogens with zero attached hydrogens (tertiary/aromatic N) is 3. The van der Waals surface area contributed by atoms with Gasteiger partial charge in [-0.15, -0.1) is 11.3 Å². The third-order valence-corrected chi connectivity index (χ3v) is 5.54. The molecular formula is C20H15F3N4OS2. The van der Waals surface area contributed by atoms with Crippen molar-refractivity contribution in [2.45, 2.75) is 13.5 Å². The van der Waals surface area contributed by atoms with Crippen molar-refractivity contribution in [2.75, 3.05) is 11.2 Å². The Morgan fingerprint density at radius 1 is 1.20 bits per heavy atom. The first-order valence-electron chi connectivity index (χ1n) is 8.56. The zero-order chi connectivity index (χ0) is 21.8. The fraction of sp³-hybridized carbons (Fsp3) is 0.150. The van der Waals surface area contributed by atoms with Crippen LogP contribution in [0.2, 0.25) is 0 Å². The highest BCUT2D eigenvalue weighted by Crippen LogP contribution is 2.34. The summed E-state index contributed by atoms with van der Waals surface area (Å²) in [4.78, 5) is 18.8. The van der Waals surface area contributed by atoms with Gasteiger partial charge < -0.3 is 4.90 Å². The topological polar surface area (TPSA) is 69.0 Å². The van der Waals surface area contributed by atoms with Crippen LogP contribution in [-0.4, -0.2) is 17.1 Å². The molecule has 10 heteroatoms. The fourth-order valence-electron chi connectivity index (χ4n) is 2.69. The van der Waals surface area contributed by atoms with Crippen LogP contribution in [0.1, 0.15) is 26.5 Å². The molecule has 2 aromatic carbocycles. The first-order chi connectivity index (χ1) is 14.3. The highest BCUT2D eigenvalue weighted by atomic mass is 32.2. The van der Waals surface area contributed by atoms with E-state index in [-0.39, 0.29) is 23.7 Å². The summed E-state index contributed by atoms with van der Waals surface area (Å²) in [5.74, 6) is -3.72. The molecule has 0 atom stereocenters. The molecule has 5 nitrogen and oxygen atoms in total. The van der Waals surface area contributed by atoms with Crippen molar-refractivity contribution >= 4 is 40.0 Å². The van der Waals surface area contributed by atoms with Gasteiger partial charge in [-0.25, -0.2) is 18.2 Å². The lowest BCUT2D eigenvalue weighted by atomic mass is 10.1. The van der Waals surface area contributed by atoms with E-state index in [1.54, 1.807) is 42.3 Å². The number of hydrogen-bond donors (Lipinski definition) is 1. The Morgan fingerprint density at radius 2 is 1.87 bits per heavy atom. The van der Waals surface area contributed by atoms with Gasteiger partial charge in [-0.3, -0.25) is 9.52 Å². The van der Waals surface area contributed by atoms with Gasteiger partial charge in [0.2, 0.25) is 0 Å². The molecule has 3 aromatic rings. The average molecular weight is 448 g/mol. The SMILES string of the molecule is CSNC(=O)c1nc(N(Cc2cc(F)c(F)cc2F)c2ccc(C#N)cc2)sc1C. The third-order valence-electron chi connectivity index (χ3n) is 4.15. The number of carbonyl (C=O) groups excluding carboxylic acids is 1. The number of anilines is 2. The van der Waals surface area contributed by atoms with Crippen molar-refractivity contribution in [2.24, 2.45) is 0 Å². The highest BCUT2D eigenvalue weighted by molar-refractivity contribution is 7.97. The van der Waals surface area contributed by atoms with Gasteiger partial charge in [-0.2, -0.15) is 5.26 Å². The summed E-state index contributed by atoms with van der Waals surface area (Å²) >= 11 is 2.34. The summed E-state index contributed by atoms with van der Waals surface area (Å²) in [5, 5.41) is 9.38. The number of nitriles is 1. The lowest BCUT2D eigenvalue weighted by molar-refractivity contribution is 0.0980. The smallest absolute Gasteiger partial charge is 0.280 e. The van der Waals surface area contributed by atoms with Crippen molar-refractivity contribution in [1.29, 1.82) is 5.26 Å². The number of carbonyl (C=O) groups is 1. The maximum Gasteiger partial charge on any atom is 0.280 e. The first kappa shape index (κ1) is 21.7. The number of benzene rings is 2. The lowest BCUT2D eigenvalue weighted by Gasteiger charge is -2.22. The number of hydrogen-bond acceptors (Lipinski definition) is 6. The molecule has 1 aromatic heterocycles. The summed E-state index contributed by atoms with van der Waals surface area (Å²) in [6.07, 6.45) is 1.70. The predicted octanol–water partition coefficient (Wildman–Crippen LogP) is 5.09. The molecule has 0 aliphatic heterocycles. The molecule has 0 saturated heterocycles. The van der Waals surface area contributed by atoms with Crippen molar-refractivity contribution in [3.8, 4) is 6.07 Å². The Labute approximate surface area is 179 Å². The van der Waals surface area contributed by atoms with Crippen molar-refractivity contribution in [3.05, 3.63) is 75.5 Å². The summed E-state index contributed by atoms with van der Waals surface area (Å²) in [6.45, 7) is 1.57. The van der Waals surface area contributed by atoms with E-state index >= 15 is 0 Å². The lowest BCUT2D eigenvalue weighted by Crippen LogP contribution is -2.19. The van der Waals surface area contributed by atoms with Crippen LogP contribution in [0, 0.1) is 35.7 Å². The van der Waals surface area contributed by atoms with E-state index in [0.717, 1.165) is 18.0 Å². The van der Waals surface area contributed by atoms with Gasteiger partial charge in [0, 0.05) is 28.5 Å². The Bertz CT molecular complexity index is 1130. The second kappa shape index (κ2) is 9.19. The largest absolute Gasteiger partial charge is 0.313 e. The van der Waals surface area contributed by atoms with Gasteiger partial charge in [0.25, 0.3) is 5.91 Å². The number of thiazole rings is 1. The van der Waals surface area contributed by atoms with Crippen molar-refractivity contribution < 1.29 is 18.0 Å². The molecule has 0 unspecified atom stereocenters. The number of halogens is 3. The number of nitrogens with one attached hydrogen (secondary N) is 1. The summed E-state index contributed by atoms with van der Waals surface area (Å²) in [5.41, 5.74) is 1.10. The molecule has 1 amide bonds. The molecule has 1 N–H and O–H groups in total. The van der Waals surface area contributed by atoms with E-state index in [0.29, 0.717) is 27.3 Å². The van der Waals surface area contributed by atoms with Crippen molar-refractivity contribution in [1.82, 2.24) is 9.71 Å². The quantitative estimate of drug-likeness (QED) is 0.420. The molecule has 0 fully saturated rings. The highest BCUT2D eigenvalue weighted by Gasteiger charge is 2.22. The molecular weight excluding hydrogens is 433 g/mol. The zero-order valence-corrected chi connectivity index (χ0v) is 17.5. The second-order valence-electron chi connectivity index (χ2n) is 6.14. The molecule has 0 saturated carbocycles. The minimum absolute atomic E-state index is 0.0822. The van der Waals surface area contributed by atoms with E-state index in [1.165, 1.54) is 11.3 Å². The van der Waals surface area contributed by atoms with Crippen LogP contribution in [-0.2, 0) is 6.54 Å². The number of amides is 1. The van der Waals surface area contributed by atoms with E-state index in [1.807, 2.05) is 6.07 Å². The van der Waals surface area contributed by atoms with E-state index in [2.05, 4.69) is 9.71 Å². The molecule has 1 heterocycles. The second-order valence-corrected chi connectivity index (χ2v) is 7.93. The number of rotatable bonds is 6. The Morgan fingerprint density at radius 3 is 2.50 bits per heavy atom. The normalized spacial score (nSPS) is 10.5. The maximum atomic E-state index is 14.3. The van der Waals surface area contributed by atoms with Gasteiger partial charge in [0.15, 0.2) is 16.8 Å². The number of aromatic nitrogens is 1. The van der Waals surface area contributed by atoms with Crippen LogP contribution < -0.4 is 9.62 Å². The minimum Gasteiger partial charge on any atom is -0.313 e. The Balaban J connectivity index is 2.06. The third kappa shape index (κ3) is 4.58. The van der Waals surface area contributed by atoms with E-state index in [9.17, 15) is 18.0 Å². The minimum atomic E-state index is -1.28. The van der Waals surface area contributed by atoms with E-state index < -0.39 is 17.5 Å². The maximum absolute atomic E-state index is 14.3. The molecule has 3 rings (SSSR count). The molecule has 0 spiro atoms. The summed E-state index contributed by atoms with van der Waals surface area (Å²) in [6, 6.07) is 9.71. The molecule has 154 valence electrons. The fourth-order valence-corrected chi connectivity index (χ4v) is 3.90. The van der Waals surface area contributed by atoms with Gasteiger partial charge >= 0.3 is 0 Å². The molecule has 0 aliphatic rings. The first-order valence-corrected chi connectivity index (χ1v) is 10.6. The van der Waals surface area contributed by atoms with Crippen LogP contribution in [0.4, 0.5) is 24.0 Å². The Hall–Kier alpha value is -3.03. The Kier molecular flexibility index (Phi) is 6.64.